The third kappa shape index (κ3) is 4.00. The van der Waals surface area contributed by atoms with E-state index in [-0.39, 0.29) is 11.9 Å². The third-order valence-corrected chi connectivity index (χ3v) is 3.39. The summed E-state index contributed by atoms with van der Waals surface area (Å²) in [6, 6.07) is 7.71. The fourth-order valence-corrected chi connectivity index (χ4v) is 2.35. The van der Waals surface area contributed by atoms with Crippen LogP contribution in [0.25, 0.3) is 11.8 Å². The zero-order valence-corrected chi connectivity index (χ0v) is 13.9. The summed E-state index contributed by atoms with van der Waals surface area (Å²) in [5, 5.41) is 4.46. The Morgan fingerprint density at radius 1 is 1.30 bits per heavy atom. The summed E-state index contributed by atoms with van der Waals surface area (Å²) in [4.78, 5) is 11.5. The summed E-state index contributed by atoms with van der Waals surface area (Å²) in [6.07, 6.45) is 4.94. The Labute approximate surface area is 136 Å². The van der Waals surface area contributed by atoms with Crippen LogP contribution in [0.15, 0.2) is 36.5 Å². The molecular weight excluding hydrogens is 292 g/mol. The molecule has 0 saturated heterocycles. The minimum Gasteiger partial charge on any atom is -0.497 e. The van der Waals surface area contributed by atoms with Gasteiger partial charge in [-0.1, -0.05) is 13.8 Å². The molecule has 0 aliphatic heterocycles. The second kappa shape index (κ2) is 7.63. The number of nitrogens with zero attached hydrogens (tertiary/aromatic N) is 2. The van der Waals surface area contributed by atoms with Crippen LogP contribution in [0.1, 0.15) is 37.9 Å². The van der Waals surface area contributed by atoms with Crippen LogP contribution in [0, 0.1) is 0 Å². The van der Waals surface area contributed by atoms with Gasteiger partial charge in [-0.05, 0) is 43.2 Å². The topological polar surface area (TPSA) is 53.3 Å². The van der Waals surface area contributed by atoms with Gasteiger partial charge in [-0.25, -0.2) is 9.48 Å². The van der Waals surface area contributed by atoms with Crippen LogP contribution >= 0.6 is 0 Å². The van der Waals surface area contributed by atoms with Crippen molar-refractivity contribution in [1.82, 2.24) is 9.78 Å². The van der Waals surface area contributed by atoms with Crippen LogP contribution in [-0.2, 0) is 9.53 Å². The molecule has 5 nitrogen and oxygen atoms in total. The monoisotopic (exact) mass is 314 g/mol. The lowest BCUT2D eigenvalue weighted by Gasteiger charge is -2.12. The van der Waals surface area contributed by atoms with Gasteiger partial charge in [0.05, 0.1) is 31.3 Å². The number of hydrogen-bond donors (Lipinski definition) is 0. The van der Waals surface area contributed by atoms with Crippen molar-refractivity contribution in [3.8, 4) is 11.4 Å². The number of hydrogen-bond acceptors (Lipinski definition) is 4. The van der Waals surface area contributed by atoms with Gasteiger partial charge in [0, 0.05) is 11.6 Å². The Morgan fingerprint density at radius 2 is 2.00 bits per heavy atom. The van der Waals surface area contributed by atoms with Crippen molar-refractivity contribution >= 4 is 12.0 Å². The van der Waals surface area contributed by atoms with Gasteiger partial charge in [-0.2, -0.15) is 5.10 Å². The first kappa shape index (κ1) is 16.8. The fraction of sp³-hybridized carbons (Fsp3) is 0.333. The van der Waals surface area contributed by atoms with Gasteiger partial charge >= 0.3 is 5.97 Å². The largest absolute Gasteiger partial charge is 0.497 e. The summed E-state index contributed by atoms with van der Waals surface area (Å²) in [7, 11) is 1.64. The molecule has 0 atom stereocenters. The lowest BCUT2D eigenvalue weighted by molar-refractivity contribution is -0.137. The van der Waals surface area contributed by atoms with Crippen molar-refractivity contribution in [3.05, 3.63) is 47.8 Å². The van der Waals surface area contributed by atoms with Gasteiger partial charge in [-0.3, -0.25) is 0 Å². The van der Waals surface area contributed by atoms with Crippen molar-refractivity contribution in [2.24, 2.45) is 0 Å². The Morgan fingerprint density at radius 3 is 2.57 bits per heavy atom. The van der Waals surface area contributed by atoms with Crippen molar-refractivity contribution in [2.45, 2.75) is 26.7 Å². The molecule has 1 heterocycles. The molecule has 0 fully saturated rings. The number of aromatic nitrogens is 2. The van der Waals surface area contributed by atoms with Gasteiger partial charge in [0.1, 0.15) is 5.75 Å². The van der Waals surface area contributed by atoms with Crippen LogP contribution in [0.3, 0.4) is 0 Å². The molecule has 23 heavy (non-hydrogen) atoms. The quantitative estimate of drug-likeness (QED) is 0.604. The minimum absolute atomic E-state index is 0.251. The van der Waals surface area contributed by atoms with E-state index in [1.54, 1.807) is 26.3 Å². The Balaban J connectivity index is 2.36. The van der Waals surface area contributed by atoms with E-state index < -0.39 is 0 Å². The molecular formula is C18H22N2O3. The van der Waals surface area contributed by atoms with Gasteiger partial charge in [0.25, 0.3) is 0 Å². The van der Waals surface area contributed by atoms with Crippen LogP contribution in [0.2, 0.25) is 0 Å². The molecule has 0 saturated carbocycles. The number of ether oxygens (including phenoxy) is 2. The third-order valence-electron chi connectivity index (χ3n) is 3.39. The molecule has 1 aromatic carbocycles. The highest BCUT2D eigenvalue weighted by Gasteiger charge is 2.14. The summed E-state index contributed by atoms with van der Waals surface area (Å²) >= 11 is 0. The highest BCUT2D eigenvalue weighted by molar-refractivity contribution is 5.87. The van der Waals surface area contributed by atoms with Crippen molar-refractivity contribution < 1.29 is 14.3 Å². The van der Waals surface area contributed by atoms with E-state index >= 15 is 0 Å². The lowest BCUT2D eigenvalue weighted by Crippen LogP contribution is -2.05. The summed E-state index contributed by atoms with van der Waals surface area (Å²) in [6.45, 7) is 6.34. The first-order chi connectivity index (χ1) is 11.1. The van der Waals surface area contributed by atoms with Gasteiger partial charge in [-0.15, -0.1) is 0 Å². The Hall–Kier alpha value is -2.56. The van der Waals surface area contributed by atoms with E-state index in [2.05, 4.69) is 18.9 Å². The Kier molecular flexibility index (Phi) is 5.57. The van der Waals surface area contributed by atoms with E-state index in [0.717, 1.165) is 22.7 Å². The average molecular weight is 314 g/mol. The number of carbonyl (C=O) groups is 1. The second-order valence-electron chi connectivity index (χ2n) is 5.34. The number of benzene rings is 1. The van der Waals surface area contributed by atoms with E-state index in [9.17, 15) is 4.79 Å². The maximum Gasteiger partial charge on any atom is 0.330 e. The van der Waals surface area contributed by atoms with E-state index in [4.69, 9.17) is 9.47 Å². The summed E-state index contributed by atoms with van der Waals surface area (Å²) in [5.74, 6) is 0.704. The lowest BCUT2D eigenvalue weighted by atomic mass is 10.1. The predicted molar refractivity (Wildman–Crippen MR) is 89.9 cm³/mol. The maximum absolute atomic E-state index is 11.5. The molecule has 122 valence electrons. The highest BCUT2D eigenvalue weighted by atomic mass is 16.5. The molecule has 0 unspecified atom stereocenters. The summed E-state index contributed by atoms with van der Waals surface area (Å²) < 4.78 is 12.0. The molecule has 0 aliphatic rings. The molecule has 0 amide bonds. The van der Waals surface area contributed by atoms with Gasteiger partial charge < -0.3 is 9.47 Å². The summed E-state index contributed by atoms with van der Waals surface area (Å²) in [5.41, 5.74) is 2.89. The number of carbonyl (C=O) groups excluding carboxylic acids is 1. The average Bonchev–Trinajstić information content (AvgIpc) is 2.97. The molecule has 0 N–H and O–H groups in total. The first-order valence-electron chi connectivity index (χ1n) is 7.64. The molecule has 2 aromatic rings. The first-order valence-corrected chi connectivity index (χ1v) is 7.64. The predicted octanol–water partition coefficient (Wildman–Crippen LogP) is 3.58. The Bertz CT molecular complexity index is 685. The molecule has 0 bridgehead atoms. The maximum atomic E-state index is 11.5. The second-order valence-corrected chi connectivity index (χ2v) is 5.34. The molecule has 0 spiro atoms. The van der Waals surface area contributed by atoms with E-state index in [1.807, 2.05) is 28.9 Å². The van der Waals surface area contributed by atoms with Crippen LogP contribution < -0.4 is 4.74 Å². The zero-order chi connectivity index (χ0) is 16.8. The molecule has 2 rings (SSSR count). The van der Waals surface area contributed by atoms with Gasteiger partial charge in [0.15, 0.2) is 0 Å². The molecule has 5 heteroatoms. The van der Waals surface area contributed by atoms with Crippen molar-refractivity contribution in [2.75, 3.05) is 13.7 Å². The number of rotatable bonds is 6. The van der Waals surface area contributed by atoms with Crippen LogP contribution in [0.4, 0.5) is 0 Å². The van der Waals surface area contributed by atoms with E-state index in [0.29, 0.717) is 6.61 Å². The van der Waals surface area contributed by atoms with Crippen LogP contribution in [-0.4, -0.2) is 29.5 Å². The fourth-order valence-electron chi connectivity index (χ4n) is 2.35. The smallest absolute Gasteiger partial charge is 0.330 e. The molecule has 1 aromatic heterocycles. The van der Waals surface area contributed by atoms with Gasteiger partial charge in [0.2, 0.25) is 0 Å². The standard InChI is InChI=1S/C18H22N2O3/c1-5-23-17(21)11-6-14-12-19-20(18(14)13(2)3)15-7-9-16(22-4)10-8-15/h6-13H,5H2,1-4H3. The molecule has 0 aliphatic carbocycles. The van der Waals surface area contributed by atoms with Crippen molar-refractivity contribution in [3.63, 3.8) is 0 Å². The van der Waals surface area contributed by atoms with Crippen LogP contribution in [0.5, 0.6) is 5.75 Å². The zero-order valence-electron chi connectivity index (χ0n) is 13.9. The van der Waals surface area contributed by atoms with Crippen molar-refractivity contribution in [1.29, 1.82) is 0 Å². The number of esters is 1. The normalized spacial score (nSPS) is 11.2. The van der Waals surface area contributed by atoms with E-state index in [1.165, 1.54) is 6.08 Å². The molecule has 0 radical (unpaired) electrons. The highest BCUT2D eigenvalue weighted by Crippen LogP contribution is 2.25. The SMILES string of the molecule is CCOC(=O)C=Cc1cnn(-c2ccc(OC)cc2)c1C(C)C. The minimum atomic E-state index is -0.348. The number of methoxy groups -OCH3 is 1.